The molecule has 2 fully saturated rings. The van der Waals surface area contributed by atoms with E-state index in [0.717, 1.165) is 34.9 Å². The molecule has 1 aromatic heterocycles. The second-order valence-corrected chi connectivity index (χ2v) is 10.2. The number of rotatable bonds is 6. The number of likely N-dealkylation sites (tertiary alicyclic amines) is 1. The van der Waals surface area contributed by atoms with Gasteiger partial charge in [-0.1, -0.05) is 13.0 Å². The largest absolute Gasteiger partial charge is 0.493 e. The number of ether oxygens (including phenoxy) is 2. The standard InChI is InChI=1S/C24H32N2O4S/c1-15(27)24(3)14-26(23(28)20-13-31-16(2)25-20)12-19(24)17-9-10-21(29-4)22(11-17)30-18-7-5-6-8-18/h9-11,13,15,18-19,27H,5-8,12,14H2,1-4H3/t15-,19+,24+/m1/s1. The maximum atomic E-state index is 13.1. The molecular formula is C24H32N2O4S. The summed E-state index contributed by atoms with van der Waals surface area (Å²) in [6, 6.07) is 6.02. The lowest BCUT2D eigenvalue weighted by molar-refractivity contribution is 0.0452. The number of carbonyl (C=O) groups excluding carboxylic acids is 1. The van der Waals surface area contributed by atoms with Gasteiger partial charge in [0.1, 0.15) is 5.69 Å². The van der Waals surface area contributed by atoms with Gasteiger partial charge >= 0.3 is 0 Å². The molecule has 7 heteroatoms. The molecule has 1 saturated carbocycles. The van der Waals surface area contributed by atoms with Gasteiger partial charge in [-0.2, -0.15) is 0 Å². The van der Waals surface area contributed by atoms with E-state index in [1.807, 2.05) is 42.3 Å². The van der Waals surface area contributed by atoms with Crippen molar-refractivity contribution in [2.45, 2.75) is 64.6 Å². The van der Waals surface area contributed by atoms with Crippen molar-refractivity contribution in [3.63, 3.8) is 0 Å². The van der Waals surface area contributed by atoms with E-state index in [-0.39, 0.29) is 17.9 Å². The van der Waals surface area contributed by atoms with Gasteiger partial charge in [-0.15, -0.1) is 11.3 Å². The van der Waals surface area contributed by atoms with E-state index in [4.69, 9.17) is 9.47 Å². The lowest BCUT2D eigenvalue weighted by Gasteiger charge is -2.34. The zero-order valence-corrected chi connectivity index (χ0v) is 19.6. The molecule has 1 N–H and O–H groups in total. The van der Waals surface area contributed by atoms with Crippen LogP contribution in [0.25, 0.3) is 0 Å². The normalized spacial score (nSPS) is 25.1. The molecule has 6 nitrogen and oxygen atoms in total. The molecule has 0 unspecified atom stereocenters. The third-order valence-corrected chi connectivity index (χ3v) is 7.77. The molecule has 1 aliphatic carbocycles. The Balaban J connectivity index is 1.63. The molecule has 3 atom stereocenters. The minimum absolute atomic E-state index is 0.0204. The number of aliphatic hydroxyl groups excluding tert-OH is 1. The van der Waals surface area contributed by atoms with Crippen molar-refractivity contribution in [3.8, 4) is 11.5 Å². The first-order valence-electron chi connectivity index (χ1n) is 11.1. The third-order valence-electron chi connectivity index (χ3n) is 7.00. The zero-order chi connectivity index (χ0) is 22.2. The van der Waals surface area contributed by atoms with Crippen molar-refractivity contribution >= 4 is 17.2 Å². The Morgan fingerprint density at radius 1 is 1.32 bits per heavy atom. The van der Waals surface area contributed by atoms with Gasteiger partial charge in [-0.3, -0.25) is 4.79 Å². The summed E-state index contributed by atoms with van der Waals surface area (Å²) in [7, 11) is 1.66. The van der Waals surface area contributed by atoms with E-state index in [1.165, 1.54) is 24.2 Å². The molecule has 0 spiro atoms. The number of amides is 1. The highest BCUT2D eigenvalue weighted by atomic mass is 32.1. The van der Waals surface area contributed by atoms with Gasteiger partial charge in [0.2, 0.25) is 0 Å². The molecule has 1 aliphatic heterocycles. The van der Waals surface area contributed by atoms with Crippen LogP contribution >= 0.6 is 11.3 Å². The molecule has 0 bridgehead atoms. The van der Waals surface area contributed by atoms with E-state index in [2.05, 4.69) is 11.9 Å². The predicted molar refractivity (Wildman–Crippen MR) is 121 cm³/mol. The van der Waals surface area contributed by atoms with Crippen LogP contribution in [0.5, 0.6) is 11.5 Å². The summed E-state index contributed by atoms with van der Waals surface area (Å²) in [5, 5.41) is 13.4. The van der Waals surface area contributed by atoms with Gasteiger partial charge < -0.3 is 19.5 Å². The number of hydrogen-bond acceptors (Lipinski definition) is 6. The molecule has 168 valence electrons. The SMILES string of the molecule is COc1ccc([C@@H]2CN(C(=O)c3csc(C)n3)C[C@@]2(C)[C@@H](C)O)cc1OC1CCCC1. The summed E-state index contributed by atoms with van der Waals surface area (Å²) >= 11 is 1.48. The minimum atomic E-state index is -0.575. The monoisotopic (exact) mass is 444 g/mol. The zero-order valence-electron chi connectivity index (χ0n) is 18.8. The van der Waals surface area contributed by atoms with Crippen molar-refractivity contribution in [2.24, 2.45) is 5.41 Å². The van der Waals surface area contributed by atoms with E-state index in [0.29, 0.717) is 18.8 Å². The molecule has 2 aliphatic rings. The van der Waals surface area contributed by atoms with Gasteiger partial charge in [0, 0.05) is 29.8 Å². The molecule has 2 heterocycles. The summed E-state index contributed by atoms with van der Waals surface area (Å²) in [5.41, 5.74) is 1.07. The number of thiazole rings is 1. The van der Waals surface area contributed by atoms with Crippen molar-refractivity contribution in [1.82, 2.24) is 9.88 Å². The number of aromatic nitrogens is 1. The summed E-state index contributed by atoms with van der Waals surface area (Å²) in [6.45, 7) is 6.79. The minimum Gasteiger partial charge on any atom is -0.493 e. The average molecular weight is 445 g/mol. The maximum Gasteiger partial charge on any atom is 0.273 e. The first-order valence-corrected chi connectivity index (χ1v) is 11.9. The highest BCUT2D eigenvalue weighted by molar-refractivity contribution is 7.09. The van der Waals surface area contributed by atoms with Gasteiger partial charge in [-0.05, 0) is 57.2 Å². The highest BCUT2D eigenvalue weighted by Crippen LogP contribution is 2.47. The third kappa shape index (κ3) is 4.30. The van der Waals surface area contributed by atoms with Crippen LogP contribution in [-0.4, -0.2) is 53.3 Å². The van der Waals surface area contributed by atoms with Crippen LogP contribution in [0.2, 0.25) is 0 Å². The molecule has 1 saturated heterocycles. The number of aryl methyl sites for hydroxylation is 1. The first-order chi connectivity index (χ1) is 14.8. The number of carbonyl (C=O) groups is 1. The number of benzene rings is 1. The number of nitrogens with zero attached hydrogens (tertiary/aromatic N) is 2. The first kappa shape index (κ1) is 22.1. The molecule has 2 aromatic rings. The number of hydrogen-bond donors (Lipinski definition) is 1. The van der Waals surface area contributed by atoms with Gasteiger partial charge in [-0.25, -0.2) is 4.98 Å². The molecule has 0 radical (unpaired) electrons. The Morgan fingerprint density at radius 2 is 2.06 bits per heavy atom. The van der Waals surface area contributed by atoms with Crippen molar-refractivity contribution in [3.05, 3.63) is 39.8 Å². The highest BCUT2D eigenvalue weighted by Gasteiger charge is 2.48. The summed E-state index contributed by atoms with van der Waals surface area (Å²) in [4.78, 5) is 19.3. The smallest absolute Gasteiger partial charge is 0.273 e. The van der Waals surface area contributed by atoms with Gasteiger partial charge in [0.05, 0.1) is 24.3 Å². The second kappa shape index (κ2) is 8.79. The molecule has 1 amide bonds. The van der Waals surface area contributed by atoms with Crippen LogP contribution in [0.3, 0.4) is 0 Å². The Hall–Kier alpha value is -2.12. The lowest BCUT2D eigenvalue weighted by atomic mass is 9.72. The van der Waals surface area contributed by atoms with Crippen LogP contribution < -0.4 is 9.47 Å². The van der Waals surface area contributed by atoms with Crippen molar-refractivity contribution < 1.29 is 19.4 Å². The topological polar surface area (TPSA) is 71.9 Å². The fourth-order valence-electron chi connectivity index (χ4n) is 4.89. The summed E-state index contributed by atoms with van der Waals surface area (Å²) in [5.74, 6) is 1.38. The Morgan fingerprint density at radius 3 is 2.68 bits per heavy atom. The van der Waals surface area contributed by atoms with Crippen molar-refractivity contribution in [2.75, 3.05) is 20.2 Å². The number of aliphatic hydroxyl groups is 1. The summed E-state index contributed by atoms with van der Waals surface area (Å²) in [6.07, 6.45) is 4.18. The van der Waals surface area contributed by atoms with E-state index >= 15 is 0 Å². The fourth-order valence-corrected chi connectivity index (χ4v) is 5.48. The van der Waals surface area contributed by atoms with E-state index < -0.39 is 11.5 Å². The fraction of sp³-hybridized carbons (Fsp3) is 0.583. The Bertz CT molecular complexity index is 937. The Kier molecular flexibility index (Phi) is 6.26. The quantitative estimate of drug-likeness (QED) is 0.715. The van der Waals surface area contributed by atoms with Crippen LogP contribution in [0, 0.1) is 12.3 Å². The van der Waals surface area contributed by atoms with Crippen LogP contribution in [-0.2, 0) is 0 Å². The van der Waals surface area contributed by atoms with Crippen LogP contribution in [0.1, 0.15) is 66.5 Å². The van der Waals surface area contributed by atoms with Gasteiger partial charge in [0.15, 0.2) is 11.5 Å². The molecule has 4 rings (SSSR count). The summed E-state index contributed by atoms with van der Waals surface area (Å²) < 4.78 is 11.8. The Labute approximate surface area is 188 Å². The van der Waals surface area contributed by atoms with E-state index in [1.54, 1.807) is 7.11 Å². The van der Waals surface area contributed by atoms with Gasteiger partial charge in [0.25, 0.3) is 5.91 Å². The second-order valence-electron chi connectivity index (χ2n) is 9.11. The van der Waals surface area contributed by atoms with Crippen LogP contribution in [0.15, 0.2) is 23.6 Å². The average Bonchev–Trinajstić information content (AvgIpc) is 3.48. The number of methoxy groups -OCH3 is 1. The maximum absolute atomic E-state index is 13.1. The molecule has 1 aromatic carbocycles. The van der Waals surface area contributed by atoms with Crippen LogP contribution in [0.4, 0.5) is 0 Å². The lowest BCUT2D eigenvalue weighted by Crippen LogP contribution is -2.38. The van der Waals surface area contributed by atoms with E-state index in [9.17, 15) is 9.90 Å². The molecule has 31 heavy (non-hydrogen) atoms. The predicted octanol–water partition coefficient (Wildman–Crippen LogP) is 4.41. The van der Waals surface area contributed by atoms with Crippen molar-refractivity contribution in [1.29, 1.82) is 0 Å². The molecular weight excluding hydrogens is 412 g/mol.